The van der Waals surface area contributed by atoms with Gasteiger partial charge in [0.25, 0.3) is 0 Å². The van der Waals surface area contributed by atoms with Gasteiger partial charge in [-0.25, -0.2) is 0 Å². The van der Waals surface area contributed by atoms with Crippen molar-refractivity contribution in [1.29, 1.82) is 0 Å². The van der Waals surface area contributed by atoms with E-state index in [-0.39, 0.29) is 0 Å². The summed E-state index contributed by atoms with van der Waals surface area (Å²) in [7, 11) is 0. The zero-order valence-corrected chi connectivity index (χ0v) is 7.64. The zero-order chi connectivity index (χ0) is 8.10. The third-order valence-corrected chi connectivity index (χ3v) is 2.53. The summed E-state index contributed by atoms with van der Waals surface area (Å²) in [6, 6.07) is 0. The van der Waals surface area contributed by atoms with Gasteiger partial charge < -0.3 is 0 Å². The first-order chi connectivity index (χ1) is 5.38. The van der Waals surface area contributed by atoms with E-state index >= 15 is 0 Å². The highest BCUT2D eigenvalue weighted by Gasteiger charge is 2.09. The second kappa shape index (κ2) is 4.38. The molecule has 0 aromatic heterocycles. The summed E-state index contributed by atoms with van der Waals surface area (Å²) in [4.78, 5) is 0. The minimum absolute atomic E-state index is 0.832. The zero-order valence-electron chi connectivity index (χ0n) is 7.64. The van der Waals surface area contributed by atoms with E-state index in [0.29, 0.717) is 0 Å². The minimum atomic E-state index is 0.832. The Kier molecular flexibility index (Phi) is 3.41. The highest BCUT2D eigenvalue weighted by molar-refractivity contribution is 5.13. The van der Waals surface area contributed by atoms with Crippen LogP contribution in [0.4, 0.5) is 0 Å². The summed E-state index contributed by atoms with van der Waals surface area (Å²) >= 11 is 0. The van der Waals surface area contributed by atoms with E-state index in [0.717, 1.165) is 12.3 Å². The van der Waals surface area contributed by atoms with Gasteiger partial charge >= 0.3 is 0 Å². The first kappa shape index (κ1) is 8.58. The van der Waals surface area contributed by atoms with Crippen LogP contribution in [0.15, 0.2) is 23.8 Å². The Labute approximate surface area is 70.0 Å². The molecule has 0 spiro atoms. The van der Waals surface area contributed by atoms with E-state index in [9.17, 15) is 0 Å². The smallest absolute Gasteiger partial charge is 0.0166 e. The maximum absolute atomic E-state index is 2.40. The van der Waals surface area contributed by atoms with E-state index < -0.39 is 0 Å². The molecule has 62 valence electrons. The molecule has 0 aromatic rings. The Balaban J connectivity index is 2.64. The Morgan fingerprint density at radius 2 is 2.18 bits per heavy atom. The van der Waals surface area contributed by atoms with Gasteiger partial charge in [0.15, 0.2) is 0 Å². The molecule has 1 atom stereocenters. The molecule has 1 rings (SSSR count). The molecule has 0 bridgehead atoms. The number of allylic oxidation sites excluding steroid dienone is 4. The van der Waals surface area contributed by atoms with Crippen LogP contribution in [0.2, 0.25) is 0 Å². The van der Waals surface area contributed by atoms with E-state index in [2.05, 4.69) is 32.1 Å². The lowest BCUT2D eigenvalue weighted by molar-refractivity contribution is 0.584. The van der Waals surface area contributed by atoms with Crippen LogP contribution in [-0.2, 0) is 0 Å². The largest absolute Gasteiger partial charge is 0.0876 e. The second-order valence-electron chi connectivity index (χ2n) is 3.18. The van der Waals surface area contributed by atoms with Crippen LogP contribution >= 0.6 is 0 Å². The summed E-state index contributed by atoms with van der Waals surface area (Å²) in [6.07, 6.45) is 12.0. The van der Waals surface area contributed by atoms with Crippen molar-refractivity contribution in [3.05, 3.63) is 23.8 Å². The van der Waals surface area contributed by atoms with Crippen molar-refractivity contribution in [2.75, 3.05) is 0 Å². The van der Waals surface area contributed by atoms with Crippen molar-refractivity contribution in [2.24, 2.45) is 5.92 Å². The molecule has 0 nitrogen and oxygen atoms in total. The number of hydrogen-bond donors (Lipinski definition) is 0. The lowest BCUT2D eigenvalue weighted by atomic mass is 9.92. The molecule has 0 saturated heterocycles. The minimum Gasteiger partial charge on any atom is -0.0876 e. The van der Waals surface area contributed by atoms with E-state index in [1.807, 2.05) is 0 Å². The SMILES string of the molecule is CCC1=CCC=CCC1CC. The molecule has 0 aromatic carbocycles. The van der Waals surface area contributed by atoms with Crippen molar-refractivity contribution >= 4 is 0 Å². The van der Waals surface area contributed by atoms with Crippen molar-refractivity contribution in [2.45, 2.75) is 39.5 Å². The predicted molar refractivity (Wildman–Crippen MR) is 50.5 cm³/mol. The molecular formula is C11H18. The van der Waals surface area contributed by atoms with Crippen LogP contribution in [-0.4, -0.2) is 0 Å². The van der Waals surface area contributed by atoms with Crippen LogP contribution in [0.5, 0.6) is 0 Å². The molecule has 0 saturated carbocycles. The number of hydrogen-bond acceptors (Lipinski definition) is 0. The molecule has 0 radical (unpaired) electrons. The summed E-state index contributed by atoms with van der Waals surface area (Å²) in [5.74, 6) is 0.832. The fraction of sp³-hybridized carbons (Fsp3) is 0.636. The number of rotatable bonds is 2. The molecule has 0 aliphatic heterocycles. The Morgan fingerprint density at radius 1 is 1.36 bits per heavy atom. The van der Waals surface area contributed by atoms with E-state index in [1.165, 1.54) is 19.3 Å². The average Bonchev–Trinajstić information content (AvgIpc) is 2.27. The molecule has 0 heteroatoms. The van der Waals surface area contributed by atoms with Crippen LogP contribution in [0.25, 0.3) is 0 Å². The van der Waals surface area contributed by atoms with Gasteiger partial charge in [-0.15, -0.1) is 0 Å². The van der Waals surface area contributed by atoms with Crippen molar-refractivity contribution in [3.63, 3.8) is 0 Å². The molecule has 1 unspecified atom stereocenters. The summed E-state index contributed by atoms with van der Waals surface area (Å²) in [6.45, 7) is 4.55. The molecular weight excluding hydrogens is 132 g/mol. The molecule has 0 heterocycles. The topological polar surface area (TPSA) is 0 Å². The average molecular weight is 150 g/mol. The Bertz CT molecular complexity index is 163. The first-order valence-electron chi connectivity index (χ1n) is 4.72. The molecule has 1 aliphatic rings. The van der Waals surface area contributed by atoms with Gasteiger partial charge in [0.2, 0.25) is 0 Å². The lowest BCUT2D eigenvalue weighted by Crippen LogP contribution is -1.99. The van der Waals surface area contributed by atoms with Crippen molar-refractivity contribution in [1.82, 2.24) is 0 Å². The van der Waals surface area contributed by atoms with E-state index in [1.54, 1.807) is 5.57 Å². The van der Waals surface area contributed by atoms with Crippen LogP contribution in [0.3, 0.4) is 0 Å². The van der Waals surface area contributed by atoms with Crippen LogP contribution in [0, 0.1) is 5.92 Å². The van der Waals surface area contributed by atoms with Gasteiger partial charge in [0.1, 0.15) is 0 Å². The van der Waals surface area contributed by atoms with E-state index in [4.69, 9.17) is 0 Å². The molecule has 0 amide bonds. The van der Waals surface area contributed by atoms with Crippen LogP contribution in [0.1, 0.15) is 39.5 Å². The van der Waals surface area contributed by atoms with Gasteiger partial charge in [-0.3, -0.25) is 0 Å². The summed E-state index contributed by atoms with van der Waals surface area (Å²) < 4.78 is 0. The highest BCUT2D eigenvalue weighted by atomic mass is 14.1. The fourth-order valence-corrected chi connectivity index (χ4v) is 1.76. The summed E-state index contributed by atoms with van der Waals surface area (Å²) in [5, 5.41) is 0. The van der Waals surface area contributed by atoms with Gasteiger partial charge in [-0.1, -0.05) is 37.6 Å². The third kappa shape index (κ3) is 2.21. The monoisotopic (exact) mass is 150 g/mol. The van der Waals surface area contributed by atoms with Crippen molar-refractivity contribution < 1.29 is 0 Å². The molecule has 1 aliphatic carbocycles. The quantitative estimate of drug-likeness (QED) is 0.526. The maximum Gasteiger partial charge on any atom is -0.0166 e. The molecule has 0 fully saturated rings. The fourth-order valence-electron chi connectivity index (χ4n) is 1.76. The lowest BCUT2D eigenvalue weighted by Gasteiger charge is -2.14. The maximum atomic E-state index is 2.40. The van der Waals surface area contributed by atoms with Crippen LogP contribution < -0.4 is 0 Å². The first-order valence-corrected chi connectivity index (χ1v) is 4.72. The van der Waals surface area contributed by atoms with Crippen molar-refractivity contribution in [3.8, 4) is 0 Å². The standard InChI is InChI=1S/C11H18/c1-3-10-8-6-5-7-9-11(10)4-2/h5-6,9-10H,3-4,7-8H2,1-2H3. The Morgan fingerprint density at radius 3 is 2.82 bits per heavy atom. The van der Waals surface area contributed by atoms with Gasteiger partial charge in [-0.05, 0) is 31.6 Å². The predicted octanol–water partition coefficient (Wildman–Crippen LogP) is 3.70. The normalized spacial score (nSPS) is 24.5. The van der Waals surface area contributed by atoms with Gasteiger partial charge in [0.05, 0.1) is 0 Å². The second-order valence-corrected chi connectivity index (χ2v) is 3.18. The van der Waals surface area contributed by atoms with Gasteiger partial charge in [-0.2, -0.15) is 0 Å². The molecule has 11 heavy (non-hydrogen) atoms. The Hall–Kier alpha value is -0.520. The summed E-state index contributed by atoms with van der Waals surface area (Å²) in [5.41, 5.74) is 1.66. The molecule has 0 N–H and O–H groups in total. The third-order valence-electron chi connectivity index (χ3n) is 2.53. The van der Waals surface area contributed by atoms with Gasteiger partial charge in [0, 0.05) is 0 Å². The highest BCUT2D eigenvalue weighted by Crippen LogP contribution is 2.25.